The third-order valence-electron chi connectivity index (χ3n) is 5.70. The quantitative estimate of drug-likeness (QED) is 0.627. The fourth-order valence-corrected chi connectivity index (χ4v) is 4.75. The lowest BCUT2D eigenvalue weighted by Gasteiger charge is -2.37. The lowest BCUT2D eigenvalue weighted by molar-refractivity contribution is 0.0938. The Kier molecular flexibility index (Phi) is 3.61. The van der Waals surface area contributed by atoms with E-state index in [4.69, 9.17) is 11.6 Å². The van der Waals surface area contributed by atoms with E-state index in [1.54, 1.807) is 0 Å². The predicted molar refractivity (Wildman–Crippen MR) is 105 cm³/mol. The number of carbonyl (C=O) groups is 1. The van der Waals surface area contributed by atoms with Crippen LogP contribution in [0.25, 0.3) is 0 Å². The van der Waals surface area contributed by atoms with Crippen LogP contribution in [0.3, 0.4) is 0 Å². The summed E-state index contributed by atoms with van der Waals surface area (Å²) < 4.78 is 0. The molecule has 1 aliphatic heterocycles. The highest BCUT2D eigenvalue weighted by atomic mass is 35.5. The monoisotopic (exact) mass is 359 g/mol. The van der Waals surface area contributed by atoms with Crippen LogP contribution in [0, 0.1) is 5.92 Å². The number of benzene rings is 3. The molecule has 2 nitrogen and oxygen atoms in total. The minimum atomic E-state index is -0.233. The Balaban J connectivity index is 1.64. The number of hydrogen-bond donors (Lipinski definition) is 1. The molecular formula is C23H18ClNO. The Morgan fingerprint density at radius 2 is 1.69 bits per heavy atom. The first-order valence-corrected chi connectivity index (χ1v) is 9.33. The van der Waals surface area contributed by atoms with E-state index in [1.807, 2.05) is 48.5 Å². The molecule has 3 aromatic rings. The molecule has 5 rings (SSSR count). The third-order valence-corrected chi connectivity index (χ3v) is 5.94. The molecule has 0 amide bonds. The summed E-state index contributed by atoms with van der Waals surface area (Å²) >= 11 is 6.29. The fourth-order valence-electron chi connectivity index (χ4n) is 4.57. The standard InChI is InChI=1S/C23H18ClNO/c24-16-10-11-20-18(13-16)21-17-9-5-4-8-15(17)12-19(21)22(25-20)23(26)14-6-2-1-3-7-14/h1-11,13,19,21-22,25H,12H2/t19-,21+,22+/m0/s1. The topological polar surface area (TPSA) is 29.1 Å². The van der Waals surface area contributed by atoms with Crippen molar-refractivity contribution in [2.75, 3.05) is 5.32 Å². The molecule has 0 unspecified atom stereocenters. The van der Waals surface area contributed by atoms with Crippen LogP contribution in [0.5, 0.6) is 0 Å². The van der Waals surface area contributed by atoms with Crippen LogP contribution in [0.2, 0.25) is 5.02 Å². The summed E-state index contributed by atoms with van der Waals surface area (Å²) in [5.74, 6) is 0.568. The summed E-state index contributed by atoms with van der Waals surface area (Å²) in [4.78, 5) is 13.3. The van der Waals surface area contributed by atoms with Gasteiger partial charge in [0, 0.05) is 28.1 Å². The SMILES string of the molecule is O=C(c1ccccc1)[C@@H]1Nc2ccc(Cl)cc2[C@H]2c3ccccc3C[C@@H]21. The van der Waals surface area contributed by atoms with Crippen molar-refractivity contribution < 1.29 is 4.79 Å². The maximum atomic E-state index is 13.3. The molecular weight excluding hydrogens is 342 g/mol. The minimum absolute atomic E-state index is 0.161. The van der Waals surface area contributed by atoms with Crippen LogP contribution < -0.4 is 5.32 Å². The Morgan fingerprint density at radius 1 is 0.923 bits per heavy atom. The van der Waals surface area contributed by atoms with Crippen molar-refractivity contribution in [1.29, 1.82) is 0 Å². The van der Waals surface area contributed by atoms with E-state index in [1.165, 1.54) is 16.7 Å². The summed E-state index contributed by atoms with van der Waals surface area (Å²) in [6.45, 7) is 0. The molecule has 0 saturated carbocycles. The van der Waals surface area contributed by atoms with Crippen molar-refractivity contribution in [2.24, 2.45) is 5.92 Å². The normalized spacial score (nSPS) is 22.7. The van der Waals surface area contributed by atoms with Crippen molar-refractivity contribution in [3.05, 3.63) is 100 Å². The molecule has 3 heteroatoms. The number of hydrogen-bond acceptors (Lipinski definition) is 2. The van der Waals surface area contributed by atoms with E-state index in [0.717, 1.165) is 22.7 Å². The zero-order valence-electron chi connectivity index (χ0n) is 14.2. The number of Topliss-reactive ketones (excluding diaryl/α,β-unsaturated/α-hetero) is 1. The maximum Gasteiger partial charge on any atom is 0.185 e. The Morgan fingerprint density at radius 3 is 2.54 bits per heavy atom. The zero-order chi connectivity index (χ0) is 17.7. The number of fused-ring (bicyclic) bond motifs is 5. The molecule has 1 N–H and O–H groups in total. The Bertz CT molecular complexity index is 998. The predicted octanol–water partition coefficient (Wildman–Crippen LogP) is 5.32. The van der Waals surface area contributed by atoms with E-state index in [-0.39, 0.29) is 23.7 Å². The van der Waals surface area contributed by atoms with E-state index < -0.39 is 0 Å². The van der Waals surface area contributed by atoms with E-state index >= 15 is 0 Å². The van der Waals surface area contributed by atoms with E-state index in [9.17, 15) is 4.79 Å². The largest absolute Gasteiger partial charge is 0.374 e. The summed E-state index contributed by atoms with van der Waals surface area (Å²) in [5, 5.41) is 4.26. The fraction of sp³-hybridized carbons (Fsp3) is 0.174. The smallest absolute Gasteiger partial charge is 0.185 e. The average molecular weight is 360 g/mol. The number of nitrogens with one attached hydrogen (secondary N) is 1. The Hall–Kier alpha value is -2.58. The molecule has 128 valence electrons. The van der Waals surface area contributed by atoms with Crippen LogP contribution in [-0.4, -0.2) is 11.8 Å². The maximum absolute atomic E-state index is 13.3. The molecule has 1 aliphatic carbocycles. The van der Waals surface area contributed by atoms with Gasteiger partial charge in [-0.2, -0.15) is 0 Å². The van der Waals surface area contributed by atoms with Crippen molar-refractivity contribution >= 4 is 23.1 Å². The zero-order valence-corrected chi connectivity index (χ0v) is 14.9. The summed E-state index contributed by atoms with van der Waals surface area (Å²) in [7, 11) is 0. The number of halogens is 1. The van der Waals surface area contributed by atoms with Gasteiger partial charge in [0.15, 0.2) is 5.78 Å². The van der Waals surface area contributed by atoms with Crippen molar-refractivity contribution in [1.82, 2.24) is 0 Å². The van der Waals surface area contributed by atoms with Gasteiger partial charge in [0.25, 0.3) is 0 Å². The van der Waals surface area contributed by atoms with Gasteiger partial charge in [0.1, 0.15) is 0 Å². The van der Waals surface area contributed by atoms with Gasteiger partial charge in [-0.25, -0.2) is 0 Å². The molecule has 0 radical (unpaired) electrons. The second-order valence-corrected chi connectivity index (χ2v) is 7.56. The molecule has 0 fully saturated rings. The van der Waals surface area contributed by atoms with Crippen LogP contribution in [-0.2, 0) is 6.42 Å². The number of rotatable bonds is 2. The molecule has 1 heterocycles. The number of carbonyl (C=O) groups excluding carboxylic acids is 1. The average Bonchev–Trinajstić information content (AvgIpc) is 3.07. The van der Waals surface area contributed by atoms with Crippen molar-refractivity contribution in [3.8, 4) is 0 Å². The lowest BCUT2D eigenvalue weighted by Crippen LogP contribution is -2.42. The third kappa shape index (κ3) is 2.37. The van der Waals surface area contributed by atoms with Crippen molar-refractivity contribution in [3.63, 3.8) is 0 Å². The first kappa shape index (κ1) is 15.7. The molecule has 0 aromatic heterocycles. The van der Waals surface area contributed by atoms with Crippen LogP contribution in [0.15, 0.2) is 72.8 Å². The van der Waals surface area contributed by atoms with Crippen LogP contribution >= 0.6 is 11.6 Å². The number of anilines is 1. The van der Waals surface area contributed by atoms with Gasteiger partial charge < -0.3 is 5.32 Å². The molecule has 3 aromatic carbocycles. The van der Waals surface area contributed by atoms with Crippen LogP contribution in [0.4, 0.5) is 5.69 Å². The summed E-state index contributed by atoms with van der Waals surface area (Å²) in [5.41, 5.74) is 5.64. The van der Waals surface area contributed by atoms with Gasteiger partial charge in [-0.3, -0.25) is 4.79 Å². The number of ketones is 1. The van der Waals surface area contributed by atoms with Crippen molar-refractivity contribution in [2.45, 2.75) is 18.4 Å². The van der Waals surface area contributed by atoms with Gasteiger partial charge in [0.05, 0.1) is 6.04 Å². The molecule has 26 heavy (non-hydrogen) atoms. The highest BCUT2D eigenvalue weighted by Crippen LogP contribution is 2.50. The van der Waals surface area contributed by atoms with Gasteiger partial charge in [-0.1, -0.05) is 66.2 Å². The van der Waals surface area contributed by atoms with Crippen LogP contribution in [0.1, 0.15) is 33.0 Å². The second-order valence-electron chi connectivity index (χ2n) is 7.13. The minimum Gasteiger partial charge on any atom is -0.374 e. The second kappa shape index (κ2) is 6.00. The molecule has 0 spiro atoms. The molecule has 0 saturated heterocycles. The molecule has 2 aliphatic rings. The van der Waals surface area contributed by atoms with Gasteiger partial charge >= 0.3 is 0 Å². The first-order valence-electron chi connectivity index (χ1n) is 8.95. The summed E-state index contributed by atoms with van der Waals surface area (Å²) in [6, 6.07) is 23.8. The van der Waals surface area contributed by atoms with E-state index in [2.05, 4.69) is 29.6 Å². The van der Waals surface area contributed by atoms with E-state index in [0.29, 0.717) is 0 Å². The summed E-state index contributed by atoms with van der Waals surface area (Å²) in [6.07, 6.45) is 0.906. The Labute approximate surface area is 157 Å². The van der Waals surface area contributed by atoms with Gasteiger partial charge in [-0.15, -0.1) is 0 Å². The van der Waals surface area contributed by atoms with Gasteiger partial charge in [0.2, 0.25) is 0 Å². The molecule has 0 bridgehead atoms. The highest BCUT2D eigenvalue weighted by molar-refractivity contribution is 6.30. The first-order chi connectivity index (χ1) is 12.7. The highest BCUT2D eigenvalue weighted by Gasteiger charge is 2.45. The van der Waals surface area contributed by atoms with Gasteiger partial charge in [-0.05, 0) is 41.3 Å². The molecule has 3 atom stereocenters. The lowest BCUT2D eigenvalue weighted by atomic mass is 9.75.